The molecule has 1 fully saturated rings. The second-order valence-electron chi connectivity index (χ2n) is 9.36. The summed E-state index contributed by atoms with van der Waals surface area (Å²) in [5, 5.41) is 2.99. The van der Waals surface area contributed by atoms with Crippen LogP contribution < -0.4 is 10.1 Å². The summed E-state index contributed by atoms with van der Waals surface area (Å²) < 4.78 is 7.24. The molecule has 1 aromatic heterocycles. The van der Waals surface area contributed by atoms with Crippen LogP contribution in [0.2, 0.25) is 0 Å². The Morgan fingerprint density at radius 1 is 1.12 bits per heavy atom. The first-order chi connectivity index (χ1) is 15.9. The number of anilines is 1. The van der Waals surface area contributed by atoms with Gasteiger partial charge in [0.2, 0.25) is 5.91 Å². The Bertz CT molecular complexity index is 901. The van der Waals surface area contributed by atoms with Gasteiger partial charge in [-0.1, -0.05) is 33.1 Å². The third kappa shape index (κ3) is 7.01. The van der Waals surface area contributed by atoms with Crippen LogP contribution in [0.5, 0.6) is 5.75 Å². The Labute approximate surface area is 197 Å². The van der Waals surface area contributed by atoms with Gasteiger partial charge in [0.25, 0.3) is 0 Å². The van der Waals surface area contributed by atoms with E-state index in [0.717, 1.165) is 37.1 Å². The van der Waals surface area contributed by atoms with Crippen LogP contribution in [0.3, 0.4) is 0 Å². The minimum atomic E-state index is -0.219. The zero-order valence-electron chi connectivity index (χ0n) is 20.4. The lowest BCUT2D eigenvalue weighted by molar-refractivity contribution is -0.133. The molecule has 180 valence electrons. The highest BCUT2D eigenvalue weighted by Gasteiger charge is 2.29. The van der Waals surface area contributed by atoms with Gasteiger partial charge >= 0.3 is 6.03 Å². The number of methoxy groups -OCH3 is 1. The van der Waals surface area contributed by atoms with Gasteiger partial charge in [0.15, 0.2) is 0 Å². The molecule has 0 bridgehead atoms. The molecule has 1 N–H and O–H groups in total. The highest BCUT2D eigenvalue weighted by molar-refractivity contribution is 5.92. The first-order valence-electron chi connectivity index (χ1n) is 12.0. The molecule has 1 saturated carbocycles. The van der Waals surface area contributed by atoms with E-state index in [0.29, 0.717) is 24.7 Å². The molecule has 0 atom stereocenters. The summed E-state index contributed by atoms with van der Waals surface area (Å²) in [6.45, 7) is 5.51. The van der Waals surface area contributed by atoms with Crippen molar-refractivity contribution >= 4 is 17.6 Å². The largest absolute Gasteiger partial charge is 0.497 e. The van der Waals surface area contributed by atoms with Crippen LogP contribution >= 0.6 is 0 Å². The molecule has 0 saturated heterocycles. The van der Waals surface area contributed by atoms with Gasteiger partial charge in [-0.05, 0) is 55.2 Å². The maximum Gasteiger partial charge on any atom is 0.322 e. The smallest absolute Gasteiger partial charge is 0.322 e. The molecule has 3 amide bonds. The van der Waals surface area contributed by atoms with E-state index in [9.17, 15) is 9.59 Å². The Kier molecular flexibility index (Phi) is 8.80. The van der Waals surface area contributed by atoms with Gasteiger partial charge in [0, 0.05) is 37.2 Å². The molecule has 0 radical (unpaired) electrons. The van der Waals surface area contributed by atoms with Crippen molar-refractivity contribution in [2.75, 3.05) is 25.5 Å². The fraction of sp³-hybridized carbons (Fsp3) is 0.538. The van der Waals surface area contributed by atoms with E-state index in [-0.39, 0.29) is 24.5 Å². The van der Waals surface area contributed by atoms with Crippen LogP contribution in [0.4, 0.5) is 10.5 Å². The van der Waals surface area contributed by atoms with Crippen molar-refractivity contribution in [1.82, 2.24) is 14.4 Å². The van der Waals surface area contributed by atoms with Crippen molar-refractivity contribution in [2.24, 2.45) is 13.0 Å². The summed E-state index contributed by atoms with van der Waals surface area (Å²) in [6.07, 6.45) is 7.22. The van der Waals surface area contributed by atoms with Crippen LogP contribution in [0, 0.1) is 5.92 Å². The van der Waals surface area contributed by atoms with E-state index in [4.69, 9.17) is 4.74 Å². The molecule has 0 aliphatic heterocycles. The number of carbonyl (C=O) groups excluding carboxylic acids is 2. The SMILES string of the molecule is COc1ccc(NC(=O)N(CC(=O)N(Cc2cccn2C)CC(C)C)C2CCCCC2)cc1. The highest BCUT2D eigenvalue weighted by atomic mass is 16.5. The lowest BCUT2D eigenvalue weighted by atomic mass is 9.94. The van der Waals surface area contributed by atoms with Gasteiger partial charge in [-0.15, -0.1) is 0 Å². The number of ether oxygens (including phenoxy) is 1. The number of nitrogens with zero attached hydrogens (tertiary/aromatic N) is 3. The lowest BCUT2D eigenvalue weighted by Gasteiger charge is -2.35. The number of aromatic nitrogens is 1. The summed E-state index contributed by atoms with van der Waals surface area (Å²) in [5.74, 6) is 1.06. The molecule has 33 heavy (non-hydrogen) atoms. The maximum absolute atomic E-state index is 13.5. The zero-order valence-corrected chi connectivity index (χ0v) is 20.4. The Balaban J connectivity index is 1.75. The van der Waals surface area contributed by atoms with Crippen LogP contribution in [-0.4, -0.2) is 52.5 Å². The average Bonchev–Trinajstić information content (AvgIpc) is 3.21. The first-order valence-corrected chi connectivity index (χ1v) is 12.0. The van der Waals surface area contributed by atoms with Gasteiger partial charge in [-0.2, -0.15) is 0 Å². The van der Waals surface area contributed by atoms with Crippen LogP contribution in [0.25, 0.3) is 0 Å². The van der Waals surface area contributed by atoms with Crippen molar-refractivity contribution in [1.29, 1.82) is 0 Å². The van der Waals surface area contributed by atoms with Gasteiger partial charge in [0.1, 0.15) is 12.3 Å². The molecule has 0 unspecified atom stereocenters. The second kappa shape index (κ2) is 11.8. The zero-order chi connectivity index (χ0) is 23.8. The molecular weight excluding hydrogens is 416 g/mol. The van der Waals surface area contributed by atoms with Crippen LogP contribution in [0.15, 0.2) is 42.6 Å². The van der Waals surface area contributed by atoms with E-state index in [1.54, 1.807) is 12.0 Å². The molecule has 0 spiro atoms. The Morgan fingerprint density at radius 3 is 2.39 bits per heavy atom. The van der Waals surface area contributed by atoms with Crippen molar-refractivity contribution in [3.05, 3.63) is 48.3 Å². The molecule has 1 heterocycles. The summed E-state index contributed by atoms with van der Waals surface area (Å²) >= 11 is 0. The molecule has 7 heteroatoms. The monoisotopic (exact) mass is 454 g/mol. The molecule has 7 nitrogen and oxygen atoms in total. The van der Waals surface area contributed by atoms with Gasteiger partial charge in [0.05, 0.1) is 13.7 Å². The van der Waals surface area contributed by atoms with Crippen molar-refractivity contribution in [2.45, 2.75) is 58.5 Å². The molecule has 1 aliphatic carbocycles. The topological polar surface area (TPSA) is 66.8 Å². The molecule has 3 rings (SSSR count). The molecular formula is C26H38N4O3. The standard InChI is InChI=1S/C26H38N4O3/c1-20(2)17-29(18-23-11-8-16-28(23)3)25(31)19-30(22-9-6-5-7-10-22)26(32)27-21-12-14-24(33-4)15-13-21/h8,11-16,20,22H,5-7,9-10,17-19H2,1-4H3,(H,27,32). The Morgan fingerprint density at radius 2 is 1.82 bits per heavy atom. The van der Waals surface area contributed by atoms with Crippen LogP contribution in [-0.2, 0) is 18.4 Å². The van der Waals surface area contributed by atoms with E-state index in [1.807, 2.05) is 59.1 Å². The number of urea groups is 1. The lowest BCUT2D eigenvalue weighted by Crippen LogP contribution is -2.50. The third-order valence-corrected chi connectivity index (χ3v) is 6.27. The number of nitrogens with one attached hydrogen (secondary N) is 1. The number of amides is 3. The average molecular weight is 455 g/mol. The molecule has 2 aromatic rings. The quantitative estimate of drug-likeness (QED) is 0.587. The predicted molar refractivity (Wildman–Crippen MR) is 131 cm³/mol. The number of rotatable bonds is 9. The van der Waals surface area contributed by atoms with Gasteiger partial charge < -0.3 is 24.4 Å². The first kappa shape index (κ1) is 24.7. The third-order valence-electron chi connectivity index (χ3n) is 6.27. The summed E-state index contributed by atoms with van der Waals surface area (Å²) in [5.41, 5.74) is 1.77. The minimum Gasteiger partial charge on any atom is -0.497 e. The van der Waals surface area contributed by atoms with Crippen LogP contribution in [0.1, 0.15) is 51.6 Å². The number of aryl methyl sites for hydroxylation is 1. The van der Waals surface area contributed by atoms with Gasteiger partial charge in [-0.3, -0.25) is 4.79 Å². The van der Waals surface area contributed by atoms with E-state index < -0.39 is 0 Å². The van der Waals surface area contributed by atoms with E-state index in [2.05, 4.69) is 19.2 Å². The summed E-state index contributed by atoms with van der Waals surface area (Å²) in [4.78, 5) is 30.5. The normalized spacial score (nSPS) is 14.2. The summed E-state index contributed by atoms with van der Waals surface area (Å²) in [7, 11) is 3.60. The predicted octanol–water partition coefficient (Wildman–Crippen LogP) is 4.89. The Hall–Kier alpha value is -2.96. The van der Waals surface area contributed by atoms with Crippen molar-refractivity contribution in [3.63, 3.8) is 0 Å². The number of hydrogen-bond acceptors (Lipinski definition) is 3. The second-order valence-corrected chi connectivity index (χ2v) is 9.36. The van der Waals surface area contributed by atoms with Crippen molar-refractivity contribution in [3.8, 4) is 5.75 Å². The minimum absolute atomic E-state index is 0.0136. The fourth-order valence-electron chi connectivity index (χ4n) is 4.43. The van der Waals surface area contributed by atoms with E-state index in [1.165, 1.54) is 6.42 Å². The molecule has 1 aromatic carbocycles. The highest BCUT2D eigenvalue weighted by Crippen LogP contribution is 2.24. The number of benzene rings is 1. The fourth-order valence-corrected chi connectivity index (χ4v) is 4.43. The van der Waals surface area contributed by atoms with Gasteiger partial charge in [-0.25, -0.2) is 4.79 Å². The molecule has 1 aliphatic rings. The van der Waals surface area contributed by atoms with Crippen molar-refractivity contribution < 1.29 is 14.3 Å². The van der Waals surface area contributed by atoms with E-state index >= 15 is 0 Å². The maximum atomic E-state index is 13.5. The number of hydrogen-bond donors (Lipinski definition) is 1. The summed E-state index contributed by atoms with van der Waals surface area (Å²) in [6, 6.07) is 11.2. The number of carbonyl (C=O) groups is 2.